The number of ether oxygens (including phenoxy) is 1. The van der Waals surface area contributed by atoms with Crippen molar-refractivity contribution in [2.45, 2.75) is 25.4 Å². The third-order valence-corrected chi connectivity index (χ3v) is 3.56. The van der Waals surface area contributed by atoms with Gasteiger partial charge in [-0.15, -0.1) is 0 Å². The molecule has 2 unspecified atom stereocenters. The zero-order chi connectivity index (χ0) is 15.2. The highest BCUT2D eigenvalue weighted by Gasteiger charge is 2.38. The van der Waals surface area contributed by atoms with E-state index in [1.54, 1.807) is 31.4 Å². The number of carboxylic acid groups (broad SMARTS) is 1. The summed E-state index contributed by atoms with van der Waals surface area (Å²) in [6.07, 6.45) is 0. The molecule has 3 N–H and O–H groups in total. The van der Waals surface area contributed by atoms with Crippen molar-refractivity contribution >= 4 is 5.97 Å². The molecule has 0 fully saturated rings. The van der Waals surface area contributed by atoms with Crippen molar-refractivity contribution in [3.05, 3.63) is 35.9 Å². The van der Waals surface area contributed by atoms with E-state index in [0.717, 1.165) is 0 Å². The third-order valence-electron chi connectivity index (χ3n) is 3.56. The molecule has 0 heterocycles. The first-order valence-corrected chi connectivity index (χ1v) is 6.76. The quantitative estimate of drug-likeness (QED) is 0.750. The largest absolute Gasteiger partial charge is 0.480 e. The van der Waals surface area contributed by atoms with E-state index in [-0.39, 0.29) is 12.6 Å². The summed E-state index contributed by atoms with van der Waals surface area (Å²) in [5.74, 6) is -1.02. The van der Waals surface area contributed by atoms with Crippen molar-refractivity contribution in [2.24, 2.45) is 5.73 Å². The molecular weight excluding hydrogens is 256 g/mol. The Bertz CT molecular complexity index is 424. The van der Waals surface area contributed by atoms with Gasteiger partial charge in [0.1, 0.15) is 0 Å². The summed E-state index contributed by atoms with van der Waals surface area (Å²) in [6.45, 7) is 5.48. The lowest BCUT2D eigenvalue weighted by Gasteiger charge is -2.35. The fourth-order valence-electron chi connectivity index (χ4n) is 2.26. The van der Waals surface area contributed by atoms with Crippen LogP contribution in [0.4, 0.5) is 0 Å². The van der Waals surface area contributed by atoms with Crippen molar-refractivity contribution in [3.63, 3.8) is 0 Å². The van der Waals surface area contributed by atoms with Crippen LogP contribution in [0.5, 0.6) is 0 Å². The SMILES string of the molecule is CCN(CC(N)(C(=O)O)c1ccccc1)C(C)COC. The van der Waals surface area contributed by atoms with E-state index in [9.17, 15) is 9.90 Å². The Morgan fingerprint density at radius 3 is 2.50 bits per heavy atom. The molecular formula is C15H24N2O3. The van der Waals surface area contributed by atoms with Gasteiger partial charge in [0.15, 0.2) is 5.54 Å². The molecule has 0 spiro atoms. The first-order chi connectivity index (χ1) is 9.45. The van der Waals surface area contributed by atoms with Crippen LogP contribution in [0.1, 0.15) is 19.4 Å². The first kappa shape index (κ1) is 16.6. The normalized spacial score (nSPS) is 15.8. The minimum atomic E-state index is -1.42. The number of likely N-dealkylation sites (N-methyl/N-ethyl adjacent to an activating group) is 1. The Morgan fingerprint density at radius 2 is 2.05 bits per heavy atom. The van der Waals surface area contributed by atoms with Crippen LogP contribution in [0, 0.1) is 0 Å². The molecule has 0 saturated heterocycles. The zero-order valence-electron chi connectivity index (χ0n) is 12.4. The number of carboxylic acids is 1. The predicted octanol–water partition coefficient (Wildman–Crippen LogP) is 1.28. The molecule has 2 atom stereocenters. The van der Waals surface area contributed by atoms with Gasteiger partial charge in [0.05, 0.1) is 6.61 Å². The van der Waals surface area contributed by atoms with Gasteiger partial charge in [-0.1, -0.05) is 37.3 Å². The third kappa shape index (κ3) is 3.79. The average molecular weight is 280 g/mol. The van der Waals surface area contributed by atoms with Crippen LogP contribution in [0.15, 0.2) is 30.3 Å². The Balaban J connectivity index is 3.00. The summed E-state index contributed by atoms with van der Waals surface area (Å²) in [5, 5.41) is 9.56. The van der Waals surface area contributed by atoms with Gasteiger partial charge in [-0.05, 0) is 19.0 Å². The van der Waals surface area contributed by atoms with Gasteiger partial charge in [0, 0.05) is 19.7 Å². The summed E-state index contributed by atoms with van der Waals surface area (Å²) in [4.78, 5) is 13.7. The molecule has 112 valence electrons. The summed E-state index contributed by atoms with van der Waals surface area (Å²) < 4.78 is 5.14. The van der Waals surface area contributed by atoms with E-state index in [4.69, 9.17) is 10.5 Å². The van der Waals surface area contributed by atoms with E-state index in [0.29, 0.717) is 18.7 Å². The lowest BCUT2D eigenvalue weighted by molar-refractivity contribution is -0.145. The first-order valence-electron chi connectivity index (χ1n) is 6.76. The second-order valence-corrected chi connectivity index (χ2v) is 5.01. The van der Waals surface area contributed by atoms with Gasteiger partial charge in [0.25, 0.3) is 0 Å². The van der Waals surface area contributed by atoms with Gasteiger partial charge in [-0.3, -0.25) is 4.90 Å². The molecule has 0 aromatic heterocycles. The Kier molecular flexibility index (Phi) is 6.13. The number of hydrogen-bond acceptors (Lipinski definition) is 4. The lowest BCUT2D eigenvalue weighted by Crippen LogP contribution is -2.55. The number of hydrogen-bond donors (Lipinski definition) is 2. The van der Waals surface area contributed by atoms with Crippen molar-refractivity contribution < 1.29 is 14.6 Å². The molecule has 5 heteroatoms. The van der Waals surface area contributed by atoms with Crippen LogP contribution in [-0.4, -0.2) is 48.8 Å². The Hall–Kier alpha value is -1.43. The molecule has 1 aromatic rings. The van der Waals surface area contributed by atoms with Gasteiger partial charge in [-0.2, -0.15) is 0 Å². The molecule has 1 rings (SSSR count). The van der Waals surface area contributed by atoms with Crippen LogP contribution < -0.4 is 5.73 Å². The van der Waals surface area contributed by atoms with E-state index in [2.05, 4.69) is 0 Å². The van der Waals surface area contributed by atoms with E-state index >= 15 is 0 Å². The maximum Gasteiger partial charge on any atom is 0.329 e. The molecule has 1 aromatic carbocycles. The van der Waals surface area contributed by atoms with Gasteiger partial charge >= 0.3 is 5.97 Å². The molecule has 0 aliphatic rings. The second-order valence-electron chi connectivity index (χ2n) is 5.01. The smallest absolute Gasteiger partial charge is 0.329 e. The molecule has 0 aliphatic carbocycles. The zero-order valence-corrected chi connectivity index (χ0v) is 12.4. The monoisotopic (exact) mass is 280 g/mol. The number of aliphatic carboxylic acids is 1. The van der Waals surface area contributed by atoms with Gasteiger partial charge < -0.3 is 15.6 Å². The maximum absolute atomic E-state index is 11.7. The summed E-state index contributed by atoms with van der Waals surface area (Å²) in [7, 11) is 1.63. The minimum absolute atomic E-state index is 0.107. The highest BCUT2D eigenvalue weighted by atomic mass is 16.5. The molecule has 0 bridgehead atoms. The summed E-state index contributed by atoms with van der Waals surface area (Å²) >= 11 is 0. The number of benzene rings is 1. The predicted molar refractivity (Wildman–Crippen MR) is 78.5 cm³/mol. The number of rotatable bonds is 8. The molecule has 5 nitrogen and oxygen atoms in total. The van der Waals surface area contributed by atoms with Gasteiger partial charge in [0.2, 0.25) is 0 Å². The fourth-order valence-corrected chi connectivity index (χ4v) is 2.26. The van der Waals surface area contributed by atoms with Crippen LogP contribution in [0.25, 0.3) is 0 Å². The Morgan fingerprint density at radius 1 is 1.45 bits per heavy atom. The van der Waals surface area contributed by atoms with Crippen molar-refractivity contribution in [3.8, 4) is 0 Å². The highest BCUT2D eigenvalue weighted by molar-refractivity contribution is 5.80. The Labute approximate surface area is 120 Å². The van der Waals surface area contributed by atoms with E-state index in [1.807, 2.05) is 24.8 Å². The fraction of sp³-hybridized carbons (Fsp3) is 0.533. The number of carbonyl (C=O) groups is 1. The van der Waals surface area contributed by atoms with Crippen LogP contribution >= 0.6 is 0 Å². The summed E-state index contributed by atoms with van der Waals surface area (Å²) in [5.41, 5.74) is 5.38. The number of nitrogens with zero attached hydrogens (tertiary/aromatic N) is 1. The standard InChI is InChI=1S/C15H24N2O3/c1-4-17(12(2)10-20-3)11-15(16,14(18)19)13-8-6-5-7-9-13/h5-9,12H,4,10-11,16H2,1-3H3,(H,18,19). The van der Waals surface area contributed by atoms with Crippen molar-refractivity contribution in [1.82, 2.24) is 4.90 Å². The number of methoxy groups -OCH3 is 1. The molecule has 0 radical (unpaired) electrons. The van der Waals surface area contributed by atoms with Crippen LogP contribution in [0.3, 0.4) is 0 Å². The molecule has 0 aliphatic heterocycles. The topological polar surface area (TPSA) is 75.8 Å². The summed E-state index contributed by atoms with van der Waals surface area (Å²) in [6, 6.07) is 9.06. The molecule has 0 saturated carbocycles. The lowest BCUT2D eigenvalue weighted by atomic mass is 9.90. The highest BCUT2D eigenvalue weighted by Crippen LogP contribution is 2.21. The molecule has 20 heavy (non-hydrogen) atoms. The van der Waals surface area contributed by atoms with Crippen LogP contribution in [-0.2, 0) is 15.1 Å². The van der Waals surface area contributed by atoms with Gasteiger partial charge in [-0.25, -0.2) is 4.79 Å². The van der Waals surface area contributed by atoms with Crippen LogP contribution in [0.2, 0.25) is 0 Å². The molecule has 0 amide bonds. The second kappa shape index (κ2) is 7.38. The average Bonchev–Trinajstić information content (AvgIpc) is 2.45. The van der Waals surface area contributed by atoms with Crippen molar-refractivity contribution in [2.75, 3.05) is 26.8 Å². The van der Waals surface area contributed by atoms with Crippen molar-refractivity contribution in [1.29, 1.82) is 0 Å². The van der Waals surface area contributed by atoms with E-state index < -0.39 is 11.5 Å². The maximum atomic E-state index is 11.7. The minimum Gasteiger partial charge on any atom is -0.480 e. The van der Waals surface area contributed by atoms with E-state index in [1.165, 1.54) is 0 Å². The number of nitrogens with two attached hydrogens (primary N) is 1.